The van der Waals surface area contributed by atoms with Gasteiger partial charge in [0.05, 0.1) is 17.7 Å². The molecular weight excluding hydrogens is 615 g/mol. The smallest absolute Gasteiger partial charge is 0.202 e. The second-order valence-electron chi connectivity index (χ2n) is 11.6. The third-order valence-corrected chi connectivity index (χ3v) is 9.99. The van der Waals surface area contributed by atoms with Crippen molar-refractivity contribution in [2.45, 2.75) is 43.3 Å². The average Bonchev–Trinajstić information content (AvgIpc) is 3.82. The molecule has 0 aliphatic heterocycles. The van der Waals surface area contributed by atoms with Crippen LogP contribution in [0.3, 0.4) is 0 Å². The molecule has 0 saturated carbocycles. The summed E-state index contributed by atoms with van der Waals surface area (Å²) in [5.74, 6) is 2.29. The maximum atomic E-state index is 5.75. The summed E-state index contributed by atoms with van der Waals surface area (Å²) in [4.78, 5) is 11.1. The minimum atomic E-state index is 0.0534. The lowest BCUT2D eigenvalue weighted by Gasteiger charge is -2.19. The van der Waals surface area contributed by atoms with E-state index in [2.05, 4.69) is 108 Å². The zero-order chi connectivity index (χ0) is 31.0. The Morgan fingerprint density at radius 3 is 2.27 bits per heavy atom. The van der Waals surface area contributed by atoms with Crippen molar-refractivity contribution >= 4 is 44.7 Å². The van der Waals surface area contributed by atoms with Gasteiger partial charge in [0.1, 0.15) is 15.6 Å². The molecule has 0 fully saturated rings. The van der Waals surface area contributed by atoms with E-state index in [9.17, 15) is 0 Å². The zero-order valence-corrected chi connectivity index (χ0v) is 27.8. The fraction of sp³-hybridized carbons (Fsp3) is 0.167. The second kappa shape index (κ2) is 12.2. The molecular formula is C36H31N5OS3. The Bertz CT molecular complexity index is 2060. The van der Waals surface area contributed by atoms with Gasteiger partial charge in [0.15, 0.2) is 11.6 Å². The summed E-state index contributed by atoms with van der Waals surface area (Å²) in [5, 5.41) is 18.4. The molecule has 0 bridgehead atoms. The first-order valence-corrected chi connectivity index (χ1v) is 17.4. The van der Waals surface area contributed by atoms with Crippen LogP contribution < -0.4 is 4.74 Å². The highest BCUT2D eigenvalue weighted by atomic mass is 32.2. The number of fused-ring (bicyclic) bond motifs is 1. The van der Waals surface area contributed by atoms with E-state index < -0.39 is 0 Å². The molecule has 0 saturated heterocycles. The fourth-order valence-corrected chi connectivity index (χ4v) is 7.78. The van der Waals surface area contributed by atoms with Crippen molar-refractivity contribution in [2.24, 2.45) is 0 Å². The number of hydrogen-bond donors (Lipinski definition) is 0. The summed E-state index contributed by atoms with van der Waals surface area (Å²) in [6.45, 7) is 9.27. The van der Waals surface area contributed by atoms with Crippen LogP contribution in [0.1, 0.15) is 33.3 Å². The van der Waals surface area contributed by atoms with Gasteiger partial charge in [-0.25, -0.2) is 9.97 Å². The average molecular weight is 646 g/mol. The van der Waals surface area contributed by atoms with Crippen LogP contribution in [0, 0.1) is 0 Å². The minimum absolute atomic E-state index is 0.0534. The standard InChI is InChI=1S/C36H31N5OS3/c1-5-42-28-17-15-27(16-18-28)41-32(24-11-13-26(14-12-24)36(2,3)4)39-40-35(41)45-34-30-29(23-9-7-6-8-10-23)22-44-33(30)37-31(38-34)25-19-20-43-21-25/h6-22H,5H2,1-4H3. The van der Waals surface area contributed by atoms with Crippen LogP contribution >= 0.6 is 34.4 Å². The molecule has 0 aliphatic carbocycles. The number of aromatic nitrogens is 5. The van der Waals surface area contributed by atoms with Crippen molar-refractivity contribution in [3.8, 4) is 45.3 Å². The summed E-state index contributed by atoms with van der Waals surface area (Å²) in [6.07, 6.45) is 0. The van der Waals surface area contributed by atoms with E-state index in [-0.39, 0.29) is 5.41 Å². The van der Waals surface area contributed by atoms with Gasteiger partial charge in [-0.05, 0) is 70.9 Å². The molecule has 6 nitrogen and oxygen atoms in total. The van der Waals surface area contributed by atoms with Crippen LogP contribution in [0.15, 0.2) is 111 Å². The van der Waals surface area contributed by atoms with Crippen LogP contribution in [-0.4, -0.2) is 31.3 Å². The Labute approximate surface area is 274 Å². The highest BCUT2D eigenvalue weighted by Gasteiger charge is 2.23. The summed E-state index contributed by atoms with van der Waals surface area (Å²) < 4.78 is 7.86. The zero-order valence-electron chi connectivity index (χ0n) is 25.4. The predicted molar refractivity (Wildman–Crippen MR) is 187 cm³/mol. The van der Waals surface area contributed by atoms with Crippen LogP contribution in [0.2, 0.25) is 0 Å². The monoisotopic (exact) mass is 645 g/mol. The maximum Gasteiger partial charge on any atom is 0.202 e. The molecule has 4 aromatic heterocycles. The van der Waals surface area contributed by atoms with Crippen LogP contribution in [0.5, 0.6) is 5.75 Å². The molecule has 0 radical (unpaired) electrons. The van der Waals surface area contributed by atoms with Gasteiger partial charge in [-0.3, -0.25) is 4.57 Å². The van der Waals surface area contributed by atoms with E-state index >= 15 is 0 Å². The first-order valence-electron chi connectivity index (χ1n) is 14.7. The Morgan fingerprint density at radius 1 is 0.800 bits per heavy atom. The number of ether oxygens (including phenoxy) is 1. The lowest BCUT2D eigenvalue weighted by Crippen LogP contribution is -2.10. The van der Waals surface area contributed by atoms with Gasteiger partial charge in [0.2, 0.25) is 5.16 Å². The lowest BCUT2D eigenvalue weighted by atomic mass is 9.87. The molecule has 7 rings (SSSR count). The van der Waals surface area contributed by atoms with E-state index in [4.69, 9.17) is 24.9 Å². The van der Waals surface area contributed by atoms with Crippen molar-refractivity contribution in [1.29, 1.82) is 0 Å². The SMILES string of the molecule is CCOc1ccc(-n2c(Sc3nc(-c4ccsc4)nc4scc(-c5ccccc5)c34)nnc2-c2ccc(C(C)(C)C)cc2)cc1. The molecule has 7 aromatic rings. The molecule has 0 aliphatic rings. The Balaban J connectivity index is 1.40. The third kappa shape index (κ3) is 5.91. The highest BCUT2D eigenvalue weighted by Crippen LogP contribution is 2.42. The molecule has 4 heterocycles. The van der Waals surface area contributed by atoms with Gasteiger partial charge in [0.25, 0.3) is 0 Å². The number of hydrogen-bond acceptors (Lipinski definition) is 8. The molecule has 3 aromatic carbocycles. The molecule has 224 valence electrons. The van der Waals surface area contributed by atoms with Crippen molar-refractivity contribution in [3.63, 3.8) is 0 Å². The van der Waals surface area contributed by atoms with Crippen molar-refractivity contribution in [2.75, 3.05) is 6.61 Å². The van der Waals surface area contributed by atoms with Crippen molar-refractivity contribution < 1.29 is 4.74 Å². The number of nitrogens with zero attached hydrogens (tertiary/aromatic N) is 5. The number of thiophene rings is 2. The van der Waals surface area contributed by atoms with E-state index in [1.807, 2.05) is 25.1 Å². The summed E-state index contributed by atoms with van der Waals surface area (Å²) >= 11 is 4.80. The van der Waals surface area contributed by atoms with E-state index in [0.717, 1.165) is 59.9 Å². The van der Waals surface area contributed by atoms with E-state index in [1.165, 1.54) is 17.3 Å². The lowest BCUT2D eigenvalue weighted by molar-refractivity contribution is 0.340. The topological polar surface area (TPSA) is 65.7 Å². The molecule has 45 heavy (non-hydrogen) atoms. The van der Waals surface area contributed by atoms with Crippen molar-refractivity contribution in [3.05, 3.63) is 107 Å². The summed E-state index contributed by atoms with van der Waals surface area (Å²) in [7, 11) is 0. The van der Waals surface area contributed by atoms with Crippen molar-refractivity contribution in [1.82, 2.24) is 24.7 Å². The number of rotatable bonds is 8. The summed E-state index contributed by atoms with van der Waals surface area (Å²) in [5.41, 5.74) is 6.50. The largest absolute Gasteiger partial charge is 0.494 e. The van der Waals surface area contributed by atoms with Crippen LogP contribution in [0.4, 0.5) is 0 Å². The molecule has 0 amide bonds. The van der Waals surface area contributed by atoms with Gasteiger partial charge >= 0.3 is 0 Å². The van der Waals surface area contributed by atoms with Crippen LogP contribution in [-0.2, 0) is 5.41 Å². The first kappa shape index (κ1) is 29.4. The number of benzene rings is 3. The van der Waals surface area contributed by atoms with Gasteiger partial charge in [-0.1, -0.05) is 75.4 Å². The summed E-state index contributed by atoms with van der Waals surface area (Å²) in [6, 6.07) is 29.2. The fourth-order valence-electron chi connectivity index (χ4n) is 5.15. The Hall–Kier alpha value is -4.31. The Kier molecular flexibility index (Phi) is 7.99. The first-order chi connectivity index (χ1) is 21.9. The molecule has 0 N–H and O–H groups in total. The second-order valence-corrected chi connectivity index (χ2v) is 14.2. The van der Waals surface area contributed by atoms with E-state index in [0.29, 0.717) is 12.4 Å². The van der Waals surface area contributed by atoms with Gasteiger partial charge in [0, 0.05) is 27.5 Å². The quantitative estimate of drug-likeness (QED) is 0.153. The third-order valence-electron chi connectivity index (χ3n) is 7.50. The maximum absolute atomic E-state index is 5.75. The van der Waals surface area contributed by atoms with Gasteiger partial charge < -0.3 is 4.74 Å². The van der Waals surface area contributed by atoms with Gasteiger partial charge in [-0.2, -0.15) is 11.3 Å². The Morgan fingerprint density at radius 2 is 1.58 bits per heavy atom. The molecule has 9 heteroatoms. The highest BCUT2D eigenvalue weighted by molar-refractivity contribution is 7.99. The predicted octanol–water partition coefficient (Wildman–Crippen LogP) is 10.2. The molecule has 0 spiro atoms. The van der Waals surface area contributed by atoms with Gasteiger partial charge in [-0.15, -0.1) is 21.5 Å². The molecule has 0 atom stereocenters. The van der Waals surface area contributed by atoms with Crippen LogP contribution in [0.25, 0.3) is 49.8 Å². The normalized spacial score (nSPS) is 11.7. The molecule has 0 unspecified atom stereocenters. The minimum Gasteiger partial charge on any atom is -0.494 e. The van der Waals surface area contributed by atoms with E-state index in [1.54, 1.807) is 22.7 Å².